The van der Waals surface area contributed by atoms with Crippen LogP contribution in [0.4, 0.5) is 16.2 Å². The second kappa shape index (κ2) is 7.20. The number of nitrogens with one attached hydrogen (secondary N) is 2. The molecule has 0 saturated carbocycles. The van der Waals surface area contributed by atoms with Crippen LogP contribution in [-0.2, 0) is 4.79 Å². The molecule has 1 amide bonds. The molecule has 6 nitrogen and oxygen atoms in total. The largest absolute Gasteiger partial charge is 0.342 e. The zero-order chi connectivity index (χ0) is 20.0. The highest BCUT2D eigenvalue weighted by Gasteiger charge is 2.34. The molecule has 1 aromatic carbocycles. The van der Waals surface area contributed by atoms with Crippen LogP contribution in [0.5, 0.6) is 0 Å². The summed E-state index contributed by atoms with van der Waals surface area (Å²) in [6.45, 7) is 5.89. The summed E-state index contributed by atoms with van der Waals surface area (Å²) in [5.74, 6) is -0.0641. The van der Waals surface area contributed by atoms with Crippen LogP contribution in [-0.4, -0.2) is 29.0 Å². The molecular weight excluding hydrogens is 383 g/mol. The quantitative estimate of drug-likeness (QED) is 0.802. The van der Waals surface area contributed by atoms with Gasteiger partial charge in [-0.15, -0.1) is 0 Å². The maximum atomic E-state index is 14.5. The van der Waals surface area contributed by atoms with Gasteiger partial charge < -0.3 is 10.2 Å². The standard InChI is InChI=1S/C20H22ClFN4O2/c1-10-6-11(2)9-26(8-10)20-24-18-17(19(28)25-20)12(7-15(27)23-18)16-13(21)4-3-5-14(16)22/h3-5,10-12H,6-9H2,1-2H3,(H2,23,24,25,27,28). The molecule has 0 bridgehead atoms. The molecule has 4 rings (SSSR count). The van der Waals surface area contributed by atoms with E-state index in [1.807, 2.05) is 4.90 Å². The lowest BCUT2D eigenvalue weighted by Gasteiger charge is -2.36. The third kappa shape index (κ3) is 3.39. The van der Waals surface area contributed by atoms with Crippen LogP contribution in [0.25, 0.3) is 0 Å². The van der Waals surface area contributed by atoms with E-state index in [0.717, 1.165) is 19.5 Å². The van der Waals surface area contributed by atoms with Crippen molar-refractivity contribution in [2.75, 3.05) is 23.3 Å². The van der Waals surface area contributed by atoms with Crippen molar-refractivity contribution in [3.05, 3.63) is 50.5 Å². The van der Waals surface area contributed by atoms with Gasteiger partial charge >= 0.3 is 0 Å². The third-order valence-electron chi connectivity index (χ3n) is 5.46. The van der Waals surface area contributed by atoms with E-state index in [4.69, 9.17) is 11.6 Å². The first-order valence-corrected chi connectivity index (χ1v) is 9.84. The molecule has 2 N–H and O–H groups in total. The smallest absolute Gasteiger partial charge is 0.258 e. The third-order valence-corrected chi connectivity index (χ3v) is 5.78. The molecule has 1 fully saturated rings. The van der Waals surface area contributed by atoms with Gasteiger partial charge in [0.2, 0.25) is 11.9 Å². The molecule has 3 unspecified atom stereocenters. The normalized spacial score (nSPS) is 24.6. The number of hydrogen-bond donors (Lipinski definition) is 2. The van der Waals surface area contributed by atoms with Gasteiger partial charge in [0, 0.05) is 36.0 Å². The number of nitrogens with zero attached hydrogens (tertiary/aromatic N) is 2. The molecule has 148 valence electrons. The summed E-state index contributed by atoms with van der Waals surface area (Å²) in [6.07, 6.45) is 1.06. The number of fused-ring (bicyclic) bond motifs is 1. The van der Waals surface area contributed by atoms with Gasteiger partial charge in [0.1, 0.15) is 11.6 Å². The minimum absolute atomic E-state index is 0.0600. The Morgan fingerprint density at radius 1 is 1.18 bits per heavy atom. The van der Waals surface area contributed by atoms with Crippen LogP contribution >= 0.6 is 11.6 Å². The Morgan fingerprint density at radius 3 is 2.57 bits per heavy atom. The topological polar surface area (TPSA) is 78.1 Å². The summed E-state index contributed by atoms with van der Waals surface area (Å²) < 4.78 is 14.5. The molecule has 3 heterocycles. The lowest BCUT2D eigenvalue weighted by Crippen LogP contribution is -2.41. The van der Waals surface area contributed by atoms with Crippen molar-refractivity contribution < 1.29 is 9.18 Å². The molecular formula is C20H22ClFN4O2. The maximum absolute atomic E-state index is 14.5. The SMILES string of the molecule is CC1CC(C)CN(c2nc3c(c(=O)[nH]2)C(c2c(F)cccc2Cl)CC(=O)N3)C1. The number of aromatic amines is 1. The van der Waals surface area contributed by atoms with Crippen molar-refractivity contribution >= 4 is 29.3 Å². The van der Waals surface area contributed by atoms with Crippen LogP contribution in [0.1, 0.15) is 43.7 Å². The highest BCUT2D eigenvalue weighted by atomic mass is 35.5. The summed E-state index contributed by atoms with van der Waals surface area (Å²) >= 11 is 6.20. The fraction of sp³-hybridized carbons (Fsp3) is 0.450. The summed E-state index contributed by atoms with van der Waals surface area (Å²) in [7, 11) is 0. The van der Waals surface area contributed by atoms with Gasteiger partial charge in [-0.1, -0.05) is 31.5 Å². The van der Waals surface area contributed by atoms with E-state index in [2.05, 4.69) is 29.1 Å². The molecule has 2 aromatic rings. The van der Waals surface area contributed by atoms with Crippen LogP contribution in [0.15, 0.2) is 23.0 Å². The summed E-state index contributed by atoms with van der Waals surface area (Å²) in [6, 6.07) is 4.33. The van der Waals surface area contributed by atoms with E-state index in [0.29, 0.717) is 17.8 Å². The van der Waals surface area contributed by atoms with E-state index in [1.54, 1.807) is 6.07 Å². The van der Waals surface area contributed by atoms with Gasteiger partial charge in [0.05, 0.1) is 5.56 Å². The van der Waals surface area contributed by atoms with Gasteiger partial charge in [-0.2, -0.15) is 4.98 Å². The molecule has 0 aliphatic carbocycles. The fourth-order valence-corrected chi connectivity index (χ4v) is 4.73. The highest BCUT2D eigenvalue weighted by Crippen LogP contribution is 2.39. The molecule has 1 saturated heterocycles. The van der Waals surface area contributed by atoms with E-state index in [1.165, 1.54) is 12.1 Å². The predicted octanol–water partition coefficient (Wildman–Crippen LogP) is 3.52. The Labute approximate surface area is 167 Å². The maximum Gasteiger partial charge on any atom is 0.258 e. The van der Waals surface area contributed by atoms with Crippen molar-refractivity contribution in [2.24, 2.45) is 11.8 Å². The summed E-state index contributed by atoms with van der Waals surface area (Å²) in [5.41, 5.74) is 0.0178. The Balaban J connectivity index is 1.80. The lowest BCUT2D eigenvalue weighted by atomic mass is 9.86. The zero-order valence-corrected chi connectivity index (χ0v) is 16.5. The number of anilines is 2. The number of amides is 1. The number of rotatable bonds is 2. The van der Waals surface area contributed by atoms with Crippen LogP contribution in [0.3, 0.4) is 0 Å². The van der Waals surface area contributed by atoms with E-state index in [9.17, 15) is 14.0 Å². The second-order valence-electron chi connectivity index (χ2n) is 7.94. The highest BCUT2D eigenvalue weighted by molar-refractivity contribution is 6.31. The first-order chi connectivity index (χ1) is 13.3. The van der Waals surface area contributed by atoms with E-state index < -0.39 is 11.7 Å². The molecule has 2 aliphatic heterocycles. The number of aromatic nitrogens is 2. The van der Waals surface area contributed by atoms with E-state index >= 15 is 0 Å². The molecule has 28 heavy (non-hydrogen) atoms. The molecule has 0 spiro atoms. The van der Waals surface area contributed by atoms with Crippen LogP contribution in [0.2, 0.25) is 5.02 Å². The van der Waals surface area contributed by atoms with Gasteiger partial charge in [-0.05, 0) is 30.4 Å². The number of hydrogen-bond acceptors (Lipinski definition) is 4. The molecule has 1 aromatic heterocycles. The van der Waals surface area contributed by atoms with Gasteiger partial charge in [-0.25, -0.2) is 4.39 Å². The molecule has 0 radical (unpaired) electrons. The Kier molecular flexibility index (Phi) is 4.87. The average Bonchev–Trinajstić information content (AvgIpc) is 2.60. The number of H-pyrrole nitrogens is 1. The number of benzene rings is 1. The monoisotopic (exact) mass is 404 g/mol. The number of carbonyl (C=O) groups excluding carboxylic acids is 1. The predicted molar refractivity (Wildman–Crippen MR) is 107 cm³/mol. The van der Waals surface area contributed by atoms with Crippen LogP contribution in [0, 0.1) is 17.7 Å². The van der Waals surface area contributed by atoms with Crippen molar-refractivity contribution in [3.63, 3.8) is 0 Å². The Morgan fingerprint density at radius 2 is 1.89 bits per heavy atom. The Hall–Kier alpha value is -2.41. The summed E-state index contributed by atoms with van der Waals surface area (Å²) in [4.78, 5) is 34.7. The van der Waals surface area contributed by atoms with Crippen LogP contribution < -0.4 is 15.8 Å². The molecule has 3 atom stereocenters. The van der Waals surface area contributed by atoms with Gasteiger partial charge in [0.25, 0.3) is 5.56 Å². The number of halogens is 2. The minimum atomic E-state index is -0.776. The zero-order valence-electron chi connectivity index (χ0n) is 15.8. The van der Waals surface area contributed by atoms with Crippen molar-refractivity contribution in [1.29, 1.82) is 0 Å². The average molecular weight is 405 g/mol. The van der Waals surface area contributed by atoms with Crippen molar-refractivity contribution in [2.45, 2.75) is 32.6 Å². The first-order valence-electron chi connectivity index (χ1n) is 9.46. The number of piperidine rings is 1. The van der Waals surface area contributed by atoms with Crippen molar-refractivity contribution in [3.8, 4) is 0 Å². The lowest BCUT2D eigenvalue weighted by molar-refractivity contribution is -0.116. The summed E-state index contributed by atoms with van der Waals surface area (Å²) in [5, 5.41) is 2.87. The fourth-order valence-electron chi connectivity index (χ4n) is 4.44. The number of carbonyl (C=O) groups is 1. The van der Waals surface area contributed by atoms with E-state index in [-0.39, 0.29) is 39.9 Å². The second-order valence-corrected chi connectivity index (χ2v) is 8.35. The minimum Gasteiger partial charge on any atom is -0.342 e. The van der Waals surface area contributed by atoms with Gasteiger partial charge in [-0.3, -0.25) is 14.6 Å². The molecule has 8 heteroatoms. The first kappa shape index (κ1) is 18.9. The molecule has 2 aliphatic rings. The van der Waals surface area contributed by atoms with Crippen molar-refractivity contribution in [1.82, 2.24) is 9.97 Å². The Bertz CT molecular complexity index is 962. The van der Waals surface area contributed by atoms with Gasteiger partial charge in [0.15, 0.2) is 0 Å².